The average molecular weight is 318 g/mol. The van der Waals surface area contributed by atoms with Gasteiger partial charge in [0.05, 0.1) is 0 Å². The number of hydrogen-bond acceptors (Lipinski definition) is 2. The van der Waals surface area contributed by atoms with Gasteiger partial charge < -0.3 is 10.2 Å². The molecule has 0 heterocycles. The highest BCUT2D eigenvalue weighted by molar-refractivity contribution is 5.87. The van der Waals surface area contributed by atoms with Crippen LogP contribution >= 0.6 is 0 Å². The van der Waals surface area contributed by atoms with E-state index in [0.717, 1.165) is 17.5 Å². The molecule has 0 fully saturated rings. The first-order chi connectivity index (χ1) is 10.8. The van der Waals surface area contributed by atoms with Gasteiger partial charge in [0.15, 0.2) is 0 Å². The van der Waals surface area contributed by atoms with Crippen molar-refractivity contribution in [2.45, 2.75) is 60.0 Å². The van der Waals surface area contributed by atoms with Gasteiger partial charge in [-0.15, -0.1) is 0 Å². The largest absolute Gasteiger partial charge is 0.354 e. The average Bonchev–Trinajstić information content (AvgIpc) is 2.49. The highest BCUT2D eigenvalue weighted by Gasteiger charge is 2.25. The van der Waals surface area contributed by atoms with Crippen LogP contribution in [0.4, 0.5) is 0 Å². The van der Waals surface area contributed by atoms with E-state index in [1.807, 2.05) is 32.0 Å². The molecule has 1 aromatic rings. The van der Waals surface area contributed by atoms with E-state index in [2.05, 4.69) is 25.2 Å². The number of carbonyl (C=O) groups is 2. The van der Waals surface area contributed by atoms with Crippen LogP contribution in [0.2, 0.25) is 0 Å². The van der Waals surface area contributed by atoms with Crippen molar-refractivity contribution in [2.24, 2.45) is 5.92 Å². The number of nitrogens with zero attached hydrogens (tertiary/aromatic N) is 1. The molecule has 23 heavy (non-hydrogen) atoms. The molecule has 0 radical (unpaired) electrons. The zero-order valence-corrected chi connectivity index (χ0v) is 15.1. The van der Waals surface area contributed by atoms with E-state index in [9.17, 15) is 9.59 Å². The van der Waals surface area contributed by atoms with Crippen LogP contribution in [0.5, 0.6) is 0 Å². The molecular weight excluding hydrogens is 288 g/mol. The maximum absolute atomic E-state index is 12.5. The fraction of sp³-hybridized carbons (Fsp3) is 0.579. The Labute approximate surface area is 140 Å². The van der Waals surface area contributed by atoms with Crippen molar-refractivity contribution < 1.29 is 9.59 Å². The molecule has 0 spiro atoms. The predicted molar refractivity (Wildman–Crippen MR) is 93.9 cm³/mol. The van der Waals surface area contributed by atoms with Crippen molar-refractivity contribution in [2.75, 3.05) is 6.54 Å². The monoisotopic (exact) mass is 318 g/mol. The number of benzene rings is 1. The minimum Gasteiger partial charge on any atom is -0.354 e. The fourth-order valence-corrected chi connectivity index (χ4v) is 2.40. The second kappa shape index (κ2) is 9.33. The Morgan fingerprint density at radius 2 is 1.91 bits per heavy atom. The van der Waals surface area contributed by atoms with Gasteiger partial charge in [0.25, 0.3) is 0 Å². The highest BCUT2D eigenvalue weighted by Crippen LogP contribution is 2.13. The van der Waals surface area contributed by atoms with E-state index in [1.54, 1.807) is 11.8 Å². The first-order valence-electron chi connectivity index (χ1n) is 8.47. The second-order valence-corrected chi connectivity index (χ2v) is 6.58. The molecule has 1 aromatic carbocycles. The molecule has 1 N–H and O–H groups in total. The molecule has 1 rings (SSSR count). The zero-order chi connectivity index (χ0) is 17.4. The Bertz CT molecular complexity index is 526. The van der Waals surface area contributed by atoms with E-state index < -0.39 is 6.04 Å². The highest BCUT2D eigenvalue weighted by atomic mass is 16.2. The lowest BCUT2D eigenvalue weighted by Crippen LogP contribution is -2.48. The summed E-state index contributed by atoms with van der Waals surface area (Å²) in [6, 6.07) is 7.60. The minimum atomic E-state index is -0.465. The summed E-state index contributed by atoms with van der Waals surface area (Å²) in [5.41, 5.74) is 2.21. The van der Waals surface area contributed by atoms with Gasteiger partial charge >= 0.3 is 0 Å². The third-order valence-corrected chi connectivity index (χ3v) is 3.75. The molecule has 1 unspecified atom stereocenters. The lowest BCUT2D eigenvalue weighted by molar-refractivity contribution is -0.140. The second-order valence-electron chi connectivity index (χ2n) is 6.58. The summed E-state index contributed by atoms with van der Waals surface area (Å²) >= 11 is 0. The maximum atomic E-state index is 12.5. The number of amides is 2. The molecule has 0 aliphatic heterocycles. The molecule has 0 aliphatic rings. The van der Waals surface area contributed by atoms with Crippen molar-refractivity contribution in [1.29, 1.82) is 0 Å². The summed E-state index contributed by atoms with van der Waals surface area (Å²) in [7, 11) is 0. The number of nitrogens with one attached hydrogen (secondary N) is 1. The fourth-order valence-electron chi connectivity index (χ4n) is 2.40. The van der Waals surface area contributed by atoms with Gasteiger partial charge in [0.2, 0.25) is 11.8 Å². The Morgan fingerprint density at radius 1 is 1.22 bits per heavy atom. The molecule has 0 bridgehead atoms. The Morgan fingerprint density at radius 3 is 2.48 bits per heavy atom. The van der Waals surface area contributed by atoms with Gasteiger partial charge in [-0.2, -0.15) is 0 Å². The van der Waals surface area contributed by atoms with Gasteiger partial charge in [-0.1, -0.05) is 50.6 Å². The smallest absolute Gasteiger partial charge is 0.242 e. The van der Waals surface area contributed by atoms with Gasteiger partial charge in [-0.3, -0.25) is 9.59 Å². The summed E-state index contributed by atoms with van der Waals surface area (Å²) < 4.78 is 0. The number of carbonyl (C=O) groups excluding carboxylic acids is 2. The summed E-state index contributed by atoms with van der Waals surface area (Å²) in [6.07, 6.45) is 1.25. The van der Waals surface area contributed by atoms with E-state index in [1.165, 1.54) is 0 Å². The summed E-state index contributed by atoms with van der Waals surface area (Å²) in [4.78, 5) is 26.5. The van der Waals surface area contributed by atoms with Crippen LogP contribution in [-0.4, -0.2) is 29.3 Å². The number of aryl methyl sites for hydroxylation is 1. The van der Waals surface area contributed by atoms with Crippen molar-refractivity contribution in [1.82, 2.24) is 10.2 Å². The van der Waals surface area contributed by atoms with Crippen LogP contribution in [0.3, 0.4) is 0 Å². The van der Waals surface area contributed by atoms with Gasteiger partial charge in [0.1, 0.15) is 6.04 Å². The molecule has 4 nitrogen and oxygen atoms in total. The first-order valence-corrected chi connectivity index (χ1v) is 8.47. The molecule has 1 atom stereocenters. The van der Waals surface area contributed by atoms with Gasteiger partial charge in [-0.05, 0) is 31.7 Å². The van der Waals surface area contributed by atoms with E-state index in [-0.39, 0.29) is 11.8 Å². The molecule has 0 aliphatic carbocycles. The van der Waals surface area contributed by atoms with Gasteiger partial charge in [0, 0.05) is 19.5 Å². The molecule has 0 aromatic heterocycles. The summed E-state index contributed by atoms with van der Waals surface area (Å²) in [5.74, 6) is 0.333. The minimum absolute atomic E-state index is 0.0289. The van der Waals surface area contributed by atoms with Crippen molar-refractivity contribution in [3.63, 3.8) is 0 Å². The van der Waals surface area contributed by atoms with Crippen LogP contribution in [0, 0.1) is 12.8 Å². The summed E-state index contributed by atoms with van der Waals surface area (Å²) in [5, 5.41) is 2.92. The lowest BCUT2D eigenvalue weighted by Gasteiger charge is -2.29. The van der Waals surface area contributed by atoms with E-state index in [0.29, 0.717) is 25.4 Å². The normalized spacial score (nSPS) is 12.1. The zero-order valence-electron chi connectivity index (χ0n) is 15.1. The third-order valence-electron chi connectivity index (χ3n) is 3.75. The maximum Gasteiger partial charge on any atom is 0.242 e. The van der Waals surface area contributed by atoms with Crippen molar-refractivity contribution in [3.05, 3.63) is 35.4 Å². The molecule has 2 amide bonds. The van der Waals surface area contributed by atoms with Crippen LogP contribution in [0.25, 0.3) is 0 Å². The molecule has 0 saturated carbocycles. The Balaban J connectivity index is 2.86. The van der Waals surface area contributed by atoms with Gasteiger partial charge in [-0.25, -0.2) is 0 Å². The van der Waals surface area contributed by atoms with E-state index in [4.69, 9.17) is 0 Å². The first kappa shape index (κ1) is 19.2. The SMILES string of the molecule is CCCC(=O)N(Cc1cccc(C)c1)C(C)C(=O)NCC(C)C. The molecule has 128 valence electrons. The number of rotatable bonds is 8. The standard InChI is InChI=1S/C19H30N2O2/c1-6-8-18(22)21(13-17-10-7-9-15(4)11-17)16(5)19(23)20-12-14(2)3/h7,9-11,14,16H,6,8,12-13H2,1-5H3,(H,20,23). The summed E-state index contributed by atoms with van der Waals surface area (Å²) in [6.45, 7) is 11.0. The predicted octanol–water partition coefficient (Wildman–Crippen LogP) is 3.28. The van der Waals surface area contributed by atoms with Crippen LogP contribution < -0.4 is 5.32 Å². The van der Waals surface area contributed by atoms with E-state index >= 15 is 0 Å². The van der Waals surface area contributed by atoms with Crippen LogP contribution in [0.1, 0.15) is 51.7 Å². The Kier molecular flexibility index (Phi) is 7.79. The topological polar surface area (TPSA) is 49.4 Å². The molecular formula is C19H30N2O2. The number of hydrogen-bond donors (Lipinski definition) is 1. The quantitative estimate of drug-likeness (QED) is 0.799. The molecule has 0 saturated heterocycles. The van der Waals surface area contributed by atoms with Crippen molar-refractivity contribution >= 4 is 11.8 Å². The van der Waals surface area contributed by atoms with Crippen molar-refractivity contribution in [3.8, 4) is 0 Å². The lowest BCUT2D eigenvalue weighted by atomic mass is 10.1. The Hall–Kier alpha value is -1.84. The van der Waals surface area contributed by atoms with Crippen LogP contribution in [0.15, 0.2) is 24.3 Å². The molecule has 4 heteroatoms. The van der Waals surface area contributed by atoms with Crippen LogP contribution in [-0.2, 0) is 16.1 Å². The third kappa shape index (κ3) is 6.43.